The molecule has 0 atom stereocenters. The standard InChI is InChI=1S/C36H67ClO2Si3/c37-41(33-23-11-3-12-24-33,34-25-13-4-14-26-34)39-42(35-27-15-5-16-28-35,36-29-17-6-18-30-36)38-40(31-19-7-1-8-20-31)32-21-9-2-10-22-32/h31-36,40H,1-30H2. The highest BCUT2D eigenvalue weighted by Crippen LogP contribution is 2.59. The average molecular weight is 652 g/mol. The Morgan fingerprint density at radius 2 is 0.667 bits per heavy atom. The maximum absolute atomic E-state index is 8.48. The quantitative estimate of drug-likeness (QED) is 0.173. The van der Waals surface area contributed by atoms with Crippen molar-refractivity contribution in [2.75, 3.05) is 0 Å². The lowest BCUT2D eigenvalue weighted by Gasteiger charge is -2.55. The lowest BCUT2D eigenvalue weighted by Crippen LogP contribution is -2.63. The first-order valence-corrected chi connectivity index (χ1v) is 26.6. The van der Waals surface area contributed by atoms with Gasteiger partial charge in [-0.1, -0.05) is 141 Å². The zero-order valence-corrected chi connectivity index (χ0v) is 31.4. The van der Waals surface area contributed by atoms with Crippen LogP contribution >= 0.6 is 11.1 Å². The summed E-state index contributed by atoms with van der Waals surface area (Å²) in [6.07, 6.45) is 42.7. The van der Waals surface area contributed by atoms with Gasteiger partial charge in [0.05, 0.1) is 0 Å². The topological polar surface area (TPSA) is 18.5 Å². The highest BCUT2D eigenvalue weighted by molar-refractivity contribution is 7.20. The van der Waals surface area contributed by atoms with Gasteiger partial charge in [-0.3, -0.25) is 0 Å². The Kier molecular flexibility index (Phi) is 12.6. The first-order chi connectivity index (χ1) is 20.7. The van der Waals surface area contributed by atoms with Gasteiger partial charge in [-0.2, -0.15) is 0 Å². The number of hydrogen-bond donors (Lipinski definition) is 0. The highest BCUT2D eigenvalue weighted by Gasteiger charge is 2.62. The molecule has 2 nitrogen and oxygen atoms in total. The molecular weight excluding hydrogens is 584 g/mol. The molecule has 0 saturated heterocycles. The summed E-state index contributed by atoms with van der Waals surface area (Å²) in [5, 5.41) is 0. The SMILES string of the molecule is Cl[Si](O[Si](O[SiH](C1CCCCC1)C1CCCCC1)(C1CCCCC1)C1CCCCC1)(C1CCCCC1)C1CCCCC1. The maximum atomic E-state index is 8.48. The summed E-state index contributed by atoms with van der Waals surface area (Å²) in [4.78, 5) is 0. The van der Waals surface area contributed by atoms with Gasteiger partial charge in [0.15, 0.2) is 9.04 Å². The second kappa shape index (κ2) is 16.1. The first-order valence-electron chi connectivity index (χ1n) is 19.8. The molecule has 242 valence electrons. The van der Waals surface area contributed by atoms with Gasteiger partial charge in [0.25, 0.3) is 7.63 Å². The minimum absolute atomic E-state index is 0.683. The van der Waals surface area contributed by atoms with Crippen LogP contribution in [0.1, 0.15) is 193 Å². The average Bonchev–Trinajstić information content (AvgIpc) is 3.09. The van der Waals surface area contributed by atoms with Crippen LogP contribution in [0.25, 0.3) is 0 Å². The second-order valence-corrected chi connectivity index (χ2v) is 28.7. The van der Waals surface area contributed by atoms with Crippen molar-refractivity contribution in [3.05, 3.63) is 0 Å². The molecule has 6 heteroatoms. The van der Waals surface area contributed by atoms with Gasteiger partial charge in [-0.05, 0) is 73.5 Å². The summed E-state index contributed by atoms with van der Waals surface area (Å²) in [6, 6.07) is 0. The Bertz CT molecular complexity index is 723. The predicted octanol–water partition coefficient (Wildman–Crippen LogP) is 12.9. The largest absolute Gasteiger partial charge is 0.438 e. The molecule has 42 heavy (non-hydrogen) atoms. The van der Waals surface area contributed by atoms with Crippen molar-refractivity contribution in [3.63, 3.8) is 0 Å². The van der Waals surface area contributed by atoms with E-state index < -0.39 is 25.2 Å². The molecule has 6 aliphatic carbocycles. The third kappa shape index (κ3) is 7.69. The van der Waals surface area contributed by atoms with E-state index in [0.29, 0.717) is 11.1 Å². The van der Waals surface area contributed by atoms with Gasteiger partial charge in [0, 0.05) is 11.1 Å². The summed E-state index contributed by atoms with van der Waals surface area (Å²) < 4.78 is 16.9. The van der Waals surface area contributed by atoms with Crippen LogP contribution in [0.4, 0.5) is 0 Å². The van der Waals surface area contributed by atoms with Crippen LogP contribution in [0.15, 0.2) is 0 Å². The van der Waals surface area contributed by atoms with Crippen molar-refractivity contribution in [1.29, 1.82) is 0 Å². The van der Waals surface area contributed by atoms with Crippen LogP contribution in [0, 0.1) is 0 Å². The lowest BCUT2D eigenvalue weighted by molar-refractivity contribution is 0.263. The van der Waals surface area contributed by atoms with E-state index in [1.54, 1.807) is 0 Å². The van der Waals surface area contributed by atoms with Gasteiger partial charge >= 0.3 is 8.56 Å². The van der Waals surface area contributed by atoms with E-state index in [0.717, 1.165) is 22.2 Å². The Labute approximate surface area is 269 Å². The molecule has 0 N–H and O–H groups in total. The van der Waals surface area contributed by atoms with Crippen molar-refractivity contribution in [3.8, 4) is 0 Å². The fourth-order valence-electron chi connectivity index (χ4n) is 11.2. The molecule has 0 amide bonds. The molecule has 0 aromatic carbocycles. The molecule has 0 heterocycles. The molecule has 0 radical (unpaired) electrons. The Morgan fingerprint density at radius 3 is 1.00 bits per heavy atom. The van der Waals surface area contributed by atoms with E-state index in [2.05, 4.69) is 0 Å². The Hall–Kier alpha value is 0.861. The molecule has 0 bridgehead atoms. The van der Waals surface area contributed by atoms with E-state index in [1.165, 1.54) is 193 Å². The van der Waals surface area contributed by atoms with Gasteiger partial charge in [0.2, 0.25) is 0 Å². The molecule has 6 saturated carbocycles. The fraction of sp³-hybridized carbons (Fsp3) is 1.00. The van der Waals surface area contributed by atoms with Crippen LogP contribution in [0.2, 0.25) is 33.2 Å². The number of halogens is 1. The van der Waals surface area contributed by atoms with E-state index in [9.17, 15) is 0 Å². The minimum Gasteiger partial charge on any atom is -0.438 e. The molecule has 0 spiro atoms. The van der Waals surface area contributed by atoms with E-state index in [-0.39, 0.29) is 0 Å². The van der Waals surface area contributed by atoms with Crippen LogP contribution in [0.3, 0.4) is 0 Å². The predicted molar refractivity (Wildman–Crippen MR) is 188 cm³/mol. The molecule has 0 unspecified atom stereocenters. The second-order valence-electron chi connectivity index (χ2n) is 16.2. The zero-order valence-electron chi connectivity index (χ0n) is 27.4. The van der Waals surface area contributed by atoms with Crippen LogP contribution < -0.4 is 0 Å². The number of rotatable bonds is 10. The van der Waals surface area contributed by atoms with Gasteiger partial charge in [-0.25, -0.2) is 0 Å². The fourth-order valence-corrected chi connectivity index (χ4v) is 32.8. The summed E-state index contributed by atoms with van der Waals surface area (Å²) in [5.41, 5.74) is 4.66. The monoisotopic (exact) mass is 650 g/mol. The maximum Gasteiger partial charge on any atom is 0.324 e. The summed E-state index contributed by atoms with van der Waals surface area (Å²) in [5.74, 6) is 0. The van der Waals surface area contributed by atoms with Crippen molar-refractivity contribution < 1.29 is 8.23 Å². The Morgan fingerprint density at radius 1 is 0.381 bits per heavy atom. The third-order valence-corrected chi connectivity index (χ3v) is 31.2. The molecule has 0 aromatic heterocycles. The van der Waals surface area contributed by atoms with E-state index >= 15 is 0 Å². The molecular formula is C36H67ClO2Si3. The smallest absolute Gasteiger partial charge is 0.324 e. The van der Waals surface area contributed by atoms with Gasteiger partial charge in [0.1, 0.15) is 0 Å². The molecule has 6 rings (SSSR count). The molecule has 0 aliphatic heterocycles. The summed E-state index contributed by atoms with van der Waals surface area (Å²) in [6.45, 7) is 0. The van der Waals surface area contributed by atoms with Crippen molar-refractivity contribution in [2.24, 2.45) is 0 Å². The molecule has 6 aliphatic rings. The van der Waals surface area contributed by atoms with Crippen molar-refractivity contribution in [1.82, 2.24) is 0 Å². The molecule has 0 aromatic rings. The minimum atomic E-state index is -2.54. The summed E-state index contributed by atoms with van der Waals surface area (Å²) in [7, 11) is -6.46. The third-order valence-electron chi connectivity index (χ3n) is 13.5. The van der Waals surface area contributed by atoms with E-state index in [4.69, 9.17) is 19.3 Å². The van der Waals surface area contributed by atoms with Crippen molar-refractivity contribution in [2.45, 2.75) is 226 Å². The molecule has 6 fully saturated rings. The van der Waals surface area contributed by atoms with Crippen LogP contribution in [-0.2, 0) is 8.23 Å². The lowest BCUT2D eigenvalue weighted by atomic mass is 9.99. The first kappa shape index (κ1) is 32.8. The van der Waals surface area contributed by atoms with Crippen LogP contribution in [-0.4, -0.2) is 25.2 Å². The number of hydrogen-bond acceptors (Lipinski definition) is 2. The van der Waals surface area contributed by atoms with Gasteiger partial charge < -0.3 is 8.23 Å². The van der Waals surface area contributed by atoms with Gasteiger partial charge in [-0.15, -0.1) is 11.1 Å². The van der Waals surface area contributed by atoms with Crippen LogP contribution in [0.5, 0.6) is 0 Å². The Balaban J connectivity index is 1.42. The zero-order chi connectivity index (χ0) is 28.7. The summed E-state index contributed by atoms with van der Waals surface area (Å²) >= 11 is 8.46. The highest BCUT2D eigenvalue weighted by atomic mass is 35.6. The normalized spacial score (nSPS) is 28.4. The van der Waals surface area contributed by atoms with E-state index in [1.807, 2.05) is 0 Å². The van der Waals surface area contributed by atoms with Crippen molar-refractivity contribution >= 4 is 36.3 Å².